The monoisotopic (exact) mass is 352 g/mol. The number of halogens is 2. The Morgan fingerprint density at radius 2 is 1.62 bits per heavy atom. The van der Waals surface area contributed by atoms with Gasteiger partial charge in [-0.25, -0.2) is 8.42 Å². The molecule has 1 aromatic carbocycles. The molecule has 1 aromatic rings. The van der Waals surface area contributed by atoms with Crippen LogP contribution in [0.3, 0.4) is 0 Å². The standard InChI is InChI=1S/C14H21ClN2O2S.ClH/c1-12(2)16-7-9-17(10-8-16)20(18,19)11-13-3-5-14(15)6-4-13;/h3-6,12H,7-11H2,1-2H3;1H. The molecule has 21 heavy (non-hydrogen) atoms. The lowest BCUT2D eigenvalue weighted by molar-refractivity contribution is 0.154. The van der Waals surface area contributed by atoms with Gasteiger partial charge in [-0.2, -0.15) is 4.31 Å². The Balaban J connectivity index is 0.00000220. The van der Waals surface area contributed by atoms with E-state index in [0.717, 1.165) is 18.7 Å². The molecule has 0 amide bonds. The van der Waals surface area contributed by atoms with Gasteiger partial charge in [-0.05, 0) is 31.5 Å². The van der Waals surface area contributed by atoms with Crippen molar-refractivity contribution in [3.8, 4) is 0 Å². The Kier molecular flexibility index (Phi) is 6.94. The lowest BCUT2D eigenvalue weighted by atomic mass is 10.2. The van der Waals surface area contributed by atoms with E-state index in [4.69, 9.17) is 11.6 Å². The van der Waals surface area contributed by atoms with E-state index >= 15 is 0 Å². The molecule has 1 fully saturated rings. The largest absolute Gasteiger partial charge is 0.298 e. The lowest BCUT2D eigenvalue weighted by Crippen LogP contribution is -2.50. The highest BCUT2D eigenvalue weighted by atomic mass is 35.5. The first-order chi connectivity index (χ1) is 9.38. The number of hydrogen-bond donors (Lipinski definition) is 0. The molecular weight excluding hydrogens is 331 g/mol. The van der Waals surface area contributed by atoms with Crippen LogP contribution < -0.4 is 0 Å². The minimum absolute atomic E-state index is 0. The predicted octanol–water partition coefficient (Wildman–Crippen LogP) is 2.62. The molecule has 0 radical (unpaired) electrons. The minimum atomic E-state index is -3.23. The van der Waals surface area contributed by atoms with Gasteiger partial charge in [0.1, 0.15) is 0 Å². The van der Waals surface area contributed by atoms with Crippen LogP contribution in [0.2, 0.25) is 5.02 Å². The number of sulfonamides is 1. The van der Waals surface area contributed by atoms with E-state index in [1.807, 2.05) is 0 Å². The van der Waals surface area contributed by atoms with E-state index in [-0.39, 0.29) is 18.2 Å². The second-order valence-electron chi connectivity index (χ2n) is 5.41. The first-order valence-corrected chi connectivity index (χ1v) is 8.83. The smallest absolute Gasteiger partial charge is 0.218 e. The van der Waals surface area contributed by atoms with Crippen molar-refractivity contribution in [1.29, 1.82) is 0 Å². The van der Waals surface area contributed by atoms with Crippen LogP contribution in [0.5, 0.6) is 0 Å². The average molecular weight is 353 g/mol. The van der Waals surface area contributed by atoms with Crippen LogP contribution in [0.1, 0.15) is 19.4 Å². The van der Waals surface area contributed by atoms with Crippen LogP contribution in [0.25, 0.3) is 0 Å². The molecule has 1 saturated heterocycles. The van der Waals surface area contributed by atoms with Gasteiger partial charge < -0.3 is 0 Å². The molecule has 1 heterocycles. The van der Waals surface area contributed by atoms with Crippen LogP contribution in [0.4, 0.5) is 0 Å². The highest BCUT2D eigenvalue weighted by Gasteiger charge is 2.27. The van der Waals surface area contributed by atoms with E-state index in [9.17, 15) is 8.42 Å². The molecule has 1 aliphatic rings. The summed E-state index contributed by atoms with van der Waals surface area (Å²) in [7, 11) is -3.23. The summed E-state index contributed by atoms with van der Waals surface area (Å²) in [6.07, 6.45) is 0. The van der Waals surface area contributed by atoms with Gasteiger partial charge in [-0.15, -0.1) is 12.4 Å². The molecule has 0 atom stereocenters. The predicted molar refractivity (Wildman–Crippen MR) is 89.6 cm³/mol. The van der Waals surface area contributed by atoms with Crippen molar-refractivity contribution in [3.63, 3.8) is 0 Å². The van der Waals surface area contributed by atoms with Crippen LogP contribution in [-0.2, 0) is 15.8 Å². The van der Waals surface area contributed by atoms with Gasteiger partial charge in [0.15, 0.2) is 0 Å². The van der Waals surface area contributed by atoms with Gasteiger partial charge in [0.05, 0.1) is 5.75 Å². The van der Waals surface area contributed by atoms with Crippen molar-refractivity contribution in [2.45, 2.75) is 25.6 Å². The summed E-state index contributed by atoms with van der Waals surface area (Å²) < 4.78 is 26.4. The van der Waals surface area contributed by atoms with E-state index in [0.29, 0.717) is 24.2 Å². The van der Waals surface area contributed by atoms with Crippen molar-refractivity contribution in [1.82, 2.24) is 9.21 Å². The average Bonchev–Trinajstić information content (AvgIpc) is 2.41. The highest BCUT2D eigenvalue weighted by molar-refractivity contribution is 7.88. The molecule has 2 rings (SSSR count). The van der Waals surface area contributed by atoms with Gasteiger partial charge in [-0.3, -0.25) is 4.90 Å². The zero-order valence-electron chi connectivity index (χ0n) is 12.3. The maximum absolute atomic E-state index is 12.4. The zero-order chi connectivity index (χ0) is 14.8. The van der Waals surface area contributed by atoms with Crippen molar-refractivity contribution in [2.24, 2.45) is 0 Å². The van der Waals surface area contributed by atoms with Gasteiger partial charge in [-0.1, -0.05) is 23.7 Å². The number of benzene rings is 1. The van der Waals surface area contributed by atoms with Gasteiger partial charge >= 0.3 is 0 Å². The number of piperazine rings is 1. The summed E-state index contributed by atoms with van der Waals surface area (Å²) in [6, 6.07) is 7.46. The molecule has 0 bridgehead atoms. The molecule has 0 spiro atoms. The molecule has 0 saturated carbocycles. The van der Waals surface area contributed by atoms with E-state index in [1.54, 1.807) is 28.6 Å². The molecule has 0 aliphatic carbocycles. The Labute approximate surface area is 138 Å². The summed E-state index contributed by atoms with van der Waals surface area (Å²) >= 11 is 5.81. The third-order valence-corrected chi connectivity index (χ3v) is 5.76. The molecule has 1 aliphatic heterocycles. The van der Waals surface area contributed by atoms with Gasteiger partial charge in [0.2, 0.25) is 10.0 Å². The summed E-state index contributed by atoms with van der Waals surface area (Å²) in [5, 5.41) is 0.622. The SMILES string of the molecule is CC(C)N1CCN(S(=O)(=O)Cc2ccc(Cl)cc2)CC1.Cl. The number of hydrogen-bond acceptors (Lipinski definition) is 3. The topological polar surface area (TPSA) is 40.6 Å². The van der Waals surface area contributed by atoms with Crippen molar-refractivity contribution in [2.75, 3.05) is 26.2 Å². The van der Waals surface area contributed by atoms with E-state index in [1.165, 1.54) is 0 Å². The Hall–Kier alpha value is -0.330. The summed E-state index contributed by atoms with van der Waals surface area (Å²) in [6.45, 7) is 7.03. The molecule has 0 unspecified atom stereocenters. The van der Waals surface area contributed by atoms with Crippen LogP contribution in [0.15, 0.2) is 24.3 Å². The maximum atomic E-state index is 12.4. The van der Waals surface area contributed by atoms with Crippen molar-refractivity contribution >= 4 is 34.0 Å². The second-order valence-corrected chi connectivity index (χ2v) is 7.82. The summed E-state index contributed by atoms with van der Waals surface area (Å²) in [4.78, 5) is 2.30. The zero-order valence-corrected chi connectivity index (χ0v) is 14.7. The first kappa shape index (κ1) is 18.7. The molecule has 7 heteroatoms. The molecular formula is C14H22Cl2N2O2S. The third kappa shape index (κ3) is 5.11. The van der Waals surface area contributed by atoms with Gasteiger partial charge in [0, 0.05) is 37.2 Å². The molecule has 0 N–H and O–H groups in total. The fraction of sp³-hybridized carbons (Fsp3) is 0.571. The van der Waals surface area contributed by atoms with Crippen LogP contribution >= 0.6 is 24.0 Å². The third-order valence-electron chi connectivity index (χ3n) is 3.66. The fourth-order valence-corrected chi connectivity index (χ4v) is 4.02. The summed E-state index contributed by atoms with van der Waals surface area (Å²) in [5.41, 5.74) is 0.778. The Morgan fingerprint density at radius 3 is 2.10 bits per heavy atom. The van der Waals surface area contributed by atoms with Crippen molar-refractivity contribution < 1.29 is 8.42 Å². The fourth-order valence-electron chi connectivity index (χ4n) is 2.38. The molecule has 0 aromatic heterocycles. The minimum Gasteiger partial charge on any atom is -0.298 e. The Bertz CT molecular complexity index is 539. The Morgan fingerprint density at radius 1 is 1.10 bits per heavy atom. The number of nitrogens with zero attached hydrogens (tertiary/aromatic N) is 2. The van der Waals surface area contributed by atoms with Gasteiger partial charge in [0.25, 0.3) is 0 Å². The first-order valence-electron chi connectivity index (χ1n) is 6.85. The van der Waals surface area contributed by atoms with Crippen LogP contribution in [-0.4, -0.2) is 49.8 Å². The van der Waals surface area contributed by atoms with Crippen molar-refractivity contribution in [3.05, 3.63) is 34.9 Å². The molecule has 4 nitrogen and oxygen atoms in total. The second kappa shape index (κ2) is 7.79. The lowest BCUT2D eigenvalue weighted by Gasteiger charge is -2.36. The maximum Gasteiger partial charge on any atom is 0.218 e. The quantitative estimate of drug-likeness (QED) is 0.836. The van der Waals surface area contributed by atoms with E-state index in [2.05, 4.69) is 18.7 Å². The van der Waals surface area contributed by atoms with E-state index < -0.39 is 10.0 Å². The van der Waals surface area contributed by atoms with Crippen LogP contribution in [0, 0.1) is 0 Å². The molecule has 120 valence electrons. The normalized spacial score (nSPS) is 17.7. The highest BCUT2D eigenvalue weighted by Crippen LogP contribution is 2.16. The summed E-state index contributed by atoms with van der Waals surface area (Å²) in [5.74, 6) is 0.0475. The number of rotatable bonds is 4.